The lowest BCUT2D eigenvalue weighted by molar-refractivity contribution is -0.127. The van der Waals surface area contributed by atoms with Gasteiger partial charge in [-0.1, -0.05) is 60.7 Å². The van der Waals surface area contributed by atoms with Gasteiger partial charge in [-0.05, 0) is 102 Å². The number of rotatable bonds is 13. The highest BCUT2D eigenvalue weighted by Gasteiger charge is 2.20. The van der Waals surface area contributed by atoms with Gasteiger partial charge in [0.1, 0.15) is 36.3 Å². The van der Waals surface area contributed by atoms with E-state index in [0.29, 0.717) is 37.9 Å². The van der Waals surface area contributed by atoms with Gasteiger partial charge in [0.05, 0.1) is 6.20 Å². The van der Waals surface area contributed by atoms with Gasteiger partial charge in [-0.2, -0.15) is 0 Å². The minimum Gasteiger partial charge on any atom is -0.490 e. The molecule has 1 saturated heterocycles. The fraction of sp³-hybridized carbons (Fsp3) is 0.209. The van der Waals surface area contributed by atoms with Crippen molar-refractivity contribution in [3.8, 4) is 23.1 Å². The monoisotopic (exact) mass is 683 g/mol. The van der Waals surface area contributed by atoms with Crippen LogP contribution >= 0.6 is 0 Å². The number of amides is 1. The van der Waals surface area contributed by atoms with E-state index in [1.54, 1.807) is 36.5 Å². The van der Waals surface area contributed by atoms with E-state index in [4.69, 9.17) is 14.2 Å². The highest BCUT2D eigenvalue weighted by molar-refractivity contribution is 5.92. The van der Waals surface area contributed by atoms with Crippen LogP contribution in [0.4, 0.5) is 4.39 Å². The quantitative estimate of drug-likeness (QED) is 0.116. The van der Waals surface area contributed by atoms with E-state index in [9.17, 15) is 9.18 Å². The van der Waals surface area contributed by atoms with Crippen LogP contribution in [0.15, 0.2) is 121 Å². The number of halogens is 1. The van der Waals surface area contributed by atoms with E-state index >= 15 is 0 Å². The Kier molecular flexibility index (Phi) is 11.9. The normalized spacial score (nSPS) is 13.5. The van der Waals surface area contributed by atoms with Crippen LogP contribution in [0.1, 0.15) is 33.4 Å². The van der Waals surface area contributed by atoms with E-state index in [1.165, 1.54) is 17.7 Å². The van der Waals surface area contributed by atoms with E-state index in [2.05, 4.69) is 40.2 Å². The van der Waals surface area contributed by atoms with E-state index < -0.39 is 0 Å². The maximum absolute atomic E-state index is 13.1. The topological polar surface area (TPSA) is 64.1 Å². The van der Waals surface area contributed by atoms with Gasteiger partial charge < -0.3 is 19.1 Å². The number of benzene rings is 4. The SMILES string of the molecule is Cc1cc(C=CC(=O)N2CCN(Cc3ccc(C=CCOc4ccccc4)cc3)CC2)cc(C)c1Oc1ccc(OCc2ccc(F)cc2)cn1. The number of pyridine rings is 1. The summed E-state index contributed by atoms with van der Waals surface area (Å²) in [6, 6.07) is 32.1. The second kappa shape index (κ2) is 17.3. The van der Waals surface area contributed by atoms with Crippen LogP contribution < -0.4 is 14.2 Å². The molecule has 0 radical (unpaired) electrons. The zero-order valence-electron chi connectivity index (χ0n) is 29.0. The molecule has 1 aliphatic heterocycles. The van der Waals surface area contributed by atoms with Gasteiger partial charge in [0.25, 0.3) is 0 Å². The molecule has 6 rings (SSSR count). The van der Waals surface area contributed by atoms with Crippen LogP contribution in [0.5, 0.6) is 23.1 Å². The number of carbonyl (C=O) groups excluding carboxylic acids is 1. The Morgan fingerprint density at radius 2 is 1.47 bits per heavy atom. The van der Waals surface area contributed by atoms with Crippen molar-refractivity contribution in [2.75, 3.05) is 32.8 Å². The van der Waals surface area contributed by atoms with Crippen LogP contribution in [0.2, 0.25) is 0 Å². The Hall–Kier alpha value is -5.73. The molecule has 1 amide bonds. The van der Waals surface area contributed by atoms with Crippen molar-refractivity contribution in [3.63, 3.8) is 0 Å². The van der Waals surface area contributed by atoms with Crippen molar-refractivity contribution in [1.29, 1.82) is 0 Å². The smallest absolute Gasteiger partial charge is 0.246 e. The van der Waals surface area contributed by atoms with Gasteiger partial charge in [-0.15, -0.1) is 0 Å². The summed E-state index contributed by atoms with van der Waals surface area (Å²) in [5.74, 6) is 2.36. The average molecular weight is 684 g/mol. The lowest BCUT2D eigenvalue weighted by atomic mass is 10.1. The lowest BCUT2D eigenvalue weighted by Gasteiger charge is -2.34. The van der Waals surface area contributed by atoms with Crippen molar-refractivity contribution >= 4 is 18.1 Å². The van der Waals surface area contributed by atoms with Crippen LogP contribution in [-0.2, 0) is 17.9 Å². The Balaban J connectivity index is 0.935. The minimum atomic E-state index is -0.278. The van der Waals surface area contributed by atoms with Crippen LogP contribution in [0.3, 0.4) is 0 Å². The summed E-state index contributed by atoms with van der Waals surface area (Å²) >= 11 is 0. The molecule has 0 spiro atoms. The first kappa shape index (κ1) is 35.1. The summed E-state index contributed by atoms with van der Waals surface area (Å²) in [4.78, 5) is 21.7. The van der Waals surface area contributed by atoms with Crippen LogP contribution in [0.25, 0.3) is 12.2 Å². The number of hydrogen-bond acceptors (Lipinski definition) is 6. The molecule has 0 bridgehead atoms. The first-order valence-corrected chi connectivity index (χ1v) is 17.1. The standard InChI is InChI=1S/C43H42FN3O4/c1-32-27-37(28-33(2)43(32)51-41-20-19-40(29-45-41)50-31-36-14-17-38(44)18-15-36)16-21-42(48)47-24-22-46(23-25-47)30-35-12-10-34(11-13-35)7-6-26-49-39-8-4-3-5-9-39/h3-21,27-29H,22-26,30-31H2,1-2H3. The summed E-state index contributed by atoms with van der Waals surface area (Å²) < 4.78 is 30.7. The Labute approximate surface area is 299 Å². The molecule has 0 N–H and O–H groups in total. The maximum atomic E-state index is 13.1. The van der Waals surface area contributed by atoms with Gasteiger partial charge in [0, 0.05) is 44.9 Å². The number of carbonyl (C=O) groups is 1. The number of nitrogens with zero attached hydrogens (tertiary/aromatic N) is 3. The average Bonchev–Trinajstić information content (AvgIpc) is 3.15. The van der Waals surface area contributed by atoms with Crippen molar-refractivity contribution in [2.24, 2.45) is 0 Å². The molecule has 2 heterocycles. The molecule has 1 fully saturated rings. The third-order valence-corrected chi connectivity index (χ3v) is 8.61. The minimum absolute atomic E-state index is 0.0172. The summed E-state index contributed by atoms with van der Waals surface area (Å²) in [7, 11) is 0. The first-order chi connectivity index (χ1) is 24.9. The van der Waals surface area contributed by atoms with Gasteiger partial charge in [-0.3, -0.25) is 9.69 Å². The lowest BCUT2D eigenvalue weighted by Crippen LogP contribution is -2.47. The van der Waals surface area contributed by atoms with E-state index in [-0.39, 0.29) is 11.7 Å². The van der Waals surface area contributed by atoms with Gasteiger partial charge in [-0.25, -0.2) is 9.37 Å². The third-order valence-electron chi connectivity index (χ3n) is 8.61. The molecule has 8 heteroatoms. The maximum Gasteiger partial charge on any atom is 0.246 e. The molecule has 1 aromatic heterocycles. The van der Waals surface area contributed by atoms with Gasteiger partial charge >= 0.3 is 0 Å². The molecular formula is C43H42FN3O4. The van der Waals surface area contributed by atoms with Gasteiger partial charge in [0.2, 0.25) is 11.8 Å². The molecule has 5 aromatic rings. The summed E-state index contributed by atoms with van der Waals surface area (Å²) in [6.45, 7) is 8.71. The largest absolute Gasteiger partial charge is 0.490 e. The number of aryl methyl sites for hydroxylation is 2. The molecule has 1 aliphatic rings. The van der Waals surface area contributed by atoms with Crippen molar-refractivity contribution in [1.82, 2.24) is 14.8 Å². The highest BCUT2D eigenvalue weighted by Crippen LogP contribution is 2.30. The second-order valence-corrected chi connectivity index (χ2v) is 12.5. The number of aromatic nitrogens is 1. The Morgan fingerprint density at radius 3 is 2.16 bits per heavy atom. The fourth-order valence-corrected chi connectivity index (χ4v) is 5.84. The van der Waals surface area contributed by atoms with Crippen molar-refractivity contribution in [3.05, 3.63) is 161 Å². The van der Waals surface area contributed by atoms with Crippen LogP contribution in [0, 0.1) is 19.7 Å². The molecule has 260 valence electrons. The van der Waals surface area contributed by atoms with Crippen molar-refractivity contribution < 1.29 is 23.4 Å². The van der Waals surface area contributed by atoms with Crippen LogP contribution in [-0.4, -0.2) is 53.5 Å². The van der Waals surface area contributed by atoms with Crippen molar-refractivity contribution in [2.45, 2.75) is 27.0 Å². The molecule has 51 heavy (non-hydrogen) atoms. The zero-order valence-corrected chi connectivity index (χ0v) is 29.0. The number of hydrogen-bond donors (Lipinski definition) is 0. The molecule has 4 aromatic carbocycles. The molecular weight excluding hydrogens is 641 g/mol. The second-order valence-electron chi connectivity index (χ2n) is 12.5. The number of piperazine rings is 1. The molecule has 0 atom stereocenters. The summed E-state index contributed by atoms with van der Waals surface area (Å²) in [6.07, 6.45) is 9.23. The van der Waals surface area contributed by atoms with E-state index in [0.717, 1.165) is 59.0 Å². The summed E-state index contributed by atoms with van der Waals surface area (Å²) in [5, 5.41) is 0. The molecule has 0 unspecified atom stereocenters. The molecule has 7 nitrogen and oxygen atoms in total. The predicted molar refractivity (Wildman–Crippen MR) is 199 cm³/mol. The number of para-hydroxylation sites is 1. The fourth-order valence-electron chi connectivity index (χ4n) is 5.84. The van der Waals surface area contributed by atoms with Gasteiger partial charge in [0.15, 0.2) is 0 Å². The molecule has 0 saturated carbocycles. The summed E-state index contributed by atoms with van der Waals surface area (Å²) in [5.41, 5.74) is 6.07. The van der Waals surface area contributed by atoms with E-state index in [1.807, 2.05) is 73.4 Å². The number of ether oxygens (including phenoxy) is 3. The third kappa shape index (κ3) is 10.4. The predicted octanol–water partition coefficient (Wildman–Crippen LogP) is 8.66. The zero-order chi connectivity index (χ0) is 35.4. The highest BCUT2D eigenvalue weighted by atomic mass is 19.1. The first-order valence-electron chi connectivity index (χ1n) is 17.1. The Bertz CT molecular complexity index is 1910. The Morgan fingerprint density at radius 1 is 0.765 bits per heavy atom. The molecule has 0 aliphatic carbocycles.